The predicted octanol–water partition coefficient (Wildman–Crippen LogP) is 3.33. The van der Waals surface area contributed by atoms with Crippen molar-refractivity contribution < 1.29 is 74.7 Å². The highest BCUT2D eigenvalue weighted by atomic mass is 35.5. The lowest BCUT2D eigenvalue weighted by molar-refractivity contribution is 0.284. The largest absolute Gasteiger partial charge is 0.506 e. The van der Waals surface area contributed by atoms with Crippen molar-refractivity contribution in [2.45, 2.75) is 19.6 Å². The van der Waals surface area contributed by atoms with Gasteiger partial charge in [0.25, 0.3) is 30.4 Å². The van der Waals surface area contributed by atoms with Crippen molar-refractivity contribution >= 4 is 108 Å². The molecule has 0 aliphatic heterocycles. The minimum Gasteiger partial charge on any atom is -0.506 e. The van der Waals surface area contributed by atoms with Crippen LogP contribution in [0.1, 0.15) is 0 Å². The summed E-state index contributed by atoms with van der Waals surface area (Å²) >= 11 is 6.05. The molecule has 0 spiro atoms. The van der Waals surface area contributed by atoms with E-state index in [0.717, 1.165) is 30.3 Å². The molecule has 4 aromatic carbocycles. The highest BCUT2D eigenvalue weighted by molar-refractivity contribution is 7.91. The molecule has 0 saturated heterocycles. The summed E-state index contributed by atoms with van der Waals surface area (Å²) in [7, 11) is -24.2. The van der Waals surface area contributed by atoms with E-state index in [4.69, 9.17) is 16.2 Å². The molecule has 0 unspecified atom stereocenters. The number of anilines is 4. The molecule has 57 heavy (non-hydrogen) atoms. The van der Waals surface area contributed by atoms with Crippen LogP contribution in [0.4, 0.5) is 34.6 Å². The molecule has 1 heterocycles. The minimum atomic E-state index is -5.35. The number of benzene rings is 4. The van der Waals surface area contributed by atoms with Gasteiger partial charge in [0.1, 0.15) is 22.0 Å². The van der Waals surface area contributed by atoms with Gasteiger partial charge in [0.15, 0.2) is 15.6 Å². The minimum absolute atomic E-state index is 0.174. The maximum atomic E-state index is 12.5. The van der Waals surface area contributed by atoms with Crippen LogP contribution in [-0.4, -0.2) is 97.8 Å². The summed E-state index contributed by atoms with van der Waals surface area (Å²) in [5.41, 5.74) is -1.86. The van der Waals surface area contributed by atoms with E-state index in [9.17, 15) is 66.0 Å². The van der Waals surface area contributed by atoms with Gasteiger partial charge in [-0.15, -0.1) is 10.2 Å². The Balaban J connectivity index is 1.59. The monoisotopic (exact) mass is 911 g/mol. The van der Waals surface area contributed by atoms with E-state index in [-0.39, 0.29) is 11.6 Å². The van der Waals surface area contributed by atoms with Gasteiger partial charge in [0.05, 0.1) is 32.7 Å². The summed E-state index contributed by atoms with van der Waals surface area (Å²) in [5, 5.41) is 32.9. The van der Waals surface area contributed by atoms with Gasteiger partial charge >= 0.3 is 10.4 Å². The van der Waals surface area contributed by atoms with Crippen molar-refractivity contribution in [3.05, 3.63) is 65.9 Å². The fourth-order valence-electron chi connectivity index (χ4n) is 4.67. The normalized spacial score (nSPS) is 12.9. The molecule has 5 rings (SSSR count). The lowest BCUT2D eigenvalue weighted by atomic mass is 10.1. The Morgan fingerprint density at radius 2 is 1.26 bits per heavy atom. The lowest BCUT2D eigenvalue weighted by Crippen LogP contribution is -2.15. The van der Waals surface area contributed by atoms with Crippen LogP contribution in [-0.2, 0) is 54.8 Å². The smallest absolute Gasteiger partial charge is 0.397 e. The van der Waals surface area contributed by atoms with Crippen LogP contribution in [0, 0.1) is 0 Å². The summed E-state index contributed by atoms with van der Waals surface area (Å²) in [6.45, 7) is -0.986. The fraction of sp³-hybridized carbons (Fsp3) is 0.0741. The Labute approximate surface area is 326 Å². The van der Waals surface area contributed by atoms with E-state index < -0.39 is 133 Å². The number of hydrogen-bond acceptors (Lipinski definition) is 20. The standard InChI is InChI=1S/C27H22ClN7O17S5/c28-25-31-26(29-14-1-3-15(4-2-14)54(40,41)42)33-27(32-25)30-19-11-17(55(43,44)45)9-13-10-21(56(46,47)48)23(24(37)22(13)19)35-34-18-6-5-16(12-20(18)36)53(38,39)8-7-52-57(49,50)51/h1-6,9-12,36-37H,7-8H2,(H,40,41,42)(H,43,44,45)(H,46,47,48)(H,49,50,51)(H2,29,30,31,32,33). The first-order valence-electron chi connectivity index (χ1n) is 14.6. The molecule has 0 aliphatic rings. The molecule has 0 fully saturated rings. The molecule has 24 nitrogen and oxygen atoms in total. The third kappa shape index (κ3) is 10.6. The second-order valence-corrected chi connectivity index (χ2v) is 18.8. The van der Waals surface area contributed by atoms with E-state index in [1.807, 2.05) is 0 Å². The van der Waals surface area contributed by atoms with Crippen LogP contribution in [0.25, 0.3) is 10.8 Å². The van der Waals surface area contributed by atoms with Gasteiger partial charge in [-0.05, 0) is 71.6 Å². The number of sulfone groups is 1. The zero-order valence-corrected chi connectivity index (χ0v) is 32.4. The Morgan fingerprint density at radius 1 is 0.667 bits per heavy atom. The van der Waals surface area contributed by atoms with E-state index in [1.165, 1.54) is 12.1 Å². The molecule has 5 aromatic rings. The lowest BCUT2D eigenvalue weighted by Gasteiger charge is -2.15. The number of hydrogen-bond donors (Lipinski definition) is 8. The molecule has 0 atom stereocenters. The topological polar surface area (TPSA) is 389 Å². The van der Waals surface area contributed by atoms with E-state index >= 15 is 0 Å². The molecule has 0 saturated carbocycles. The summed E-state index contributed by atoms with van der Waals surface area (Å²) in [6.07, 6.45) is 0. The average Bonchev–Trinajstić information content (AvgIpc) is 3.06. The molecule has 8 N–H and O–H groups in total. The van der Waals surface area contributed by atoms with Crippen molar-refractivity contribution in [3.8, 4) is 11.5 Å². The van der Waals surface area contributed by atoms with Crippen molar-refractivity contribution in [1.82, 2.24) is 15.0 Å². The highest BCUT2D eigenvalue weighted by Gasteiger charge is 2.26. The van der Waals surface area contributed by atoms with Crippen LogP contribution in [0.15, 0.2) is 90.5 Å². The highest BCUT2D eigenvalue weighted by Crippen LogP contribution is 2.46. The molecule has 0 aliphatic carbocycles. The summed E-state index contributed by atoms with van der Waals surface area (Å²) in [5.74, 6) is -3.76. The quantitative estimate of drug-likeness (QED) is 0.0585. The third-order valence-corrected chi connectivity index (χ3v) is 12.0. The molecular formula is C27H22ClN7O17S5. The van der Waals surface area contributed by atoms with Crippen LogP contribution in [0.5, 0.6) is 11.5 Å². The van der Waals surface area contributed by atoms with Crippen LogP contribution >= 0.6 is 11.6 Å². The zero-order chi connectivity index (χ0) is 42.3. The molecule has 1 aromatic heterocycles. The van der Waals surface area contributed by atoms with Gasteiger partial charge in [-0.2, -0.15) is 48.6 Å². The summed E-state index contributed by atoms with van der Waals surface area (Å²) in [4.78, 5) is 8.70. The summed E-state index contributed by atoms with van der Waals surface area (Å²) in [6, 6.07) is 9.01. The van der Waals surface area contributed by atoms with Gasteiger partial charge in [-0.25, -0.2) is 12.6 Å². The number of phenolic OH excluding ortho intramolecular Hbond substituents is 2. The Bertz CT molecular complexity index is 3040. The van der Waals surface area contributed by atoms with E-state index in [2.05, 4.69) is 40.0 Å². The Morgan fingerprint density at radius 3 is 1.82 bits per heavy atom. The molecular weight excluding hydrogens is 890 g/mol. The number of aromatic nitrogens is 3. The second kappa shape index (κ2) is 15.6. The maximum Gasteiger partial charge on any atom is 0.397 e. The first-order chi connectivity index (χ1) is 26.2. The van der Waals surface area contributed by atoms with Crippen molar-refractivity contribution in [3.63, 3.8) is 0 Å². The molecule has 0 amide bonds. The van der Waals surface area contributed by atoms with Crippen molar-refractivity contribution in [1.29, 1.82) is 0 Å². The van der Waals surface area contributed by atoms with Gasteiger partial charge < -0.3 is 20.8 Å². The number of phenols is 2. The third-order valence-electron chi connectivity index (χ3n) is 7.11. The molecule has 0 bridgehead atoms. The van der Waals surface area contributed by atoms with Gasteiger partial charge in [0, 0.05) is 17.1 Å². The van der Waals surface area contributed by atoms with Crippen LogP contribution in [0.3, 0.4) is 0 Å². The SMILES string of the molecule is O=S(=O)(O)OCCS(=O)(=O)c1ccc(N=Nc2c(S(=O)(=O)O)cc3cc(S(=O)(=O)O)cc(Nc4nc(Cl)nc(Nc5ccc(S(=O)(=O)O)cc5)n4)c3c2O)c(O)c1. The number of halogens is 1. The van der Waals surface area contributed by atoms with Gasteiger partial charge in [0.2, 0.25) is 17.2 Å². The number of nitrogens with one attached hydrogen (secondary N) is 2. The molecule has 0 radical (unpaired) electrons. The van der Waals surface area contributed by atoms with Crippen LogP contribution in [0.2, 0.25) is 5.28 Å². The number of aromatic hydroxyl groups is 2. The van der Waals surface area contributed by atoms with Crippen molar-refractivity contribution in [2.75, 3.05) is 23.0 Å². The first-order valence-corrected chi connectivity index (χ1v) is 22.3. The first kappa shape index (κ1) is 42.9. The number of nitrogens with zero attached hydrogens (tertiary/aromatic N) is 5. The van der Waals surface area contributed by atoms with Gasteiger partial charge in [-0.1, -0.05) is 0 Å². The van der Waals surface area contributed by atoms with E-state index in [0.29, 0.717) is 18.2 Å². The Kier molecular flexibility index (Phi) is 11.8. The fourth-order valence-corrected chi connectivity index (χ4v) is 8.02. The number of fused-ring (bicyclic) bond motifs is 1. The maximum absolute atomic E-state index is 12.5. The number of azo groups is 1. The molecule has 304 valence electrons. The predicted molar refractivity (Wildman–Crippen MR) is 195 cm³/mol. The van der Waals surface area contributed by atoms with Gasteiger partial charge in [-0.3, -0.25) is 18.2 Å². The second-order valence-electron chi connectivity index (χ2n) is 11.0. The average molecular weight is 912 g/mol. The van der Waals surface area contributed by atoms with Crippen molar-refractivity contribution in [2.24, 2.45) is 10.2 Å². The number of rotatable bonds is 14. The zero-order valence-electron chi connectivity index (χ0n) is 27.5. The summed E-state index contributed by atoms with van der Waals surface area (Å²) < 4.78 is 160. The van der Waals surface area contributed by atoms with Crippen LogP contribution < -0.4 is 10.6 Å². The Hall–Kier alpha value is -5.21. The van der Waals surface area contributed by atoms with E-state index in [1.54, 1.807) is 0 Å². The molecule has 30 heteroatoms.